The number of hydrogen-bond acceptors (Lipinski definition) is 3. The molecule has 0 bridgehead atoms. The maximum Gasteiger partial charge on any atom is 0.160 e. The molecule has 6 heteroatoms. The van der Waals surface area contributed by atoms with Crippen LogP contribution in [0.15, 0.2) is 64.7 Å². The Bertz CT molecular complexity index is 1130. The average Bonchev–Trinajstić information content (AvgIpc) is 2.73. The quantitative estimate of drug-likeness (QED) is 0.435. The van der Waals surface area contributed by atoms with E-state index in [1.165, 1.54) is 17.2 Å². The second kappa shape index (κ2) is 8.88. The van der Waals surface area contributed by atoms with Gasteiger partial charge in [0.05, 0.1) is 15.7 Å². The molecule has 148 valence electrons. The highest BCUT2D eigenvalue weighted by atomic mass is 79.9. The molecule has 0 spiro atoms. The monoisotopic (exact) mass is 488 g/mol. The van der Waals surface area contributed by atoms with Crippen LogP contribution < -0.4 is 0 Å². The summed E-state index contributed by atoms with van der Waals surface area (Å²) in [4.78, 5) is 6.94. The van der Waals surface area contributed by atoms with Crippen LogP contribution in [0, 0.1) is 0 Å². The molecule has 1 aromatic heterocycles. The van der Waals surface area contributed by atoms with E-state index in [0.717, 1.165) is 36.2 Å². The largest absolute Gasteiger partial charge is 0.504 e. The fourth-order valence-corrected chi connectivity index (χ4v) is 4.32. The summed E-state index contributed by atoms with van der Waals surface area (Å²) in [7, 11) is 0. The summed E-state index contributed by atoms with van der Waals surface area (Å²) in [5, 5.41) is 11.6. The molecule has 1 aliphatic rings. The zero-order chi connectivity index (χ0) is 20.4. The first-order valence-electron chi connectivity index (χ1n) is 9.32. The Kier molecular flexibility index (Phi) is 6.26. The van der Waals surface area contributed by atoms with Gasteiger partial charge in [-0.1, -0.05) is 69.5 Å². The lowest BCUT2D eigenvalue weighted by molar-refractivity contribution is 0.287. The SMILES string of the molecule is Oc1c(Cl)cc(Cl)c2ccc(/C=C/C3=CCN(Cc4ccccc4Br)CC3)nc12. The van der Waals surface area contributed by atoms with Crippen molar-refractivity contribution in [2.24, 2.45) is 0 Å². The molecule has 0 aliphatic carbocycles. The second-order valence-corrected chi connectivity index (χ2v) is 8.68. The Hall–Kier alpha value is -1.85. The number of hydrogen-bond donors (Lipinski definition) is 1. The molecule has 3 nitrogen and oxygen atoms in total. The average molecular weight is 490 g/mol. The highest BCUT2D eigenvalue weighted by molar-refractivity contribution is 9.10. The van der Waals surface area contributed by atoms with Crippen LogP contribution in [0.5, 0.6) is 5.75 Å². The van der Waals surface area contributed by atoms with Gasteiger partial charge in [0.25, 0.3) is 0 Å². The van der Waals surface area contributed by atoms with Gasteiger partial charge in [-0.3, -0.25) is 4.90 Å². The highest BCUT2D eigenvalue weighted by Crippen LogP contribution is 2.36. The van der Waals surface area contributed by atoms with Crippen LogP contribution in [-0.2, 0) is 6.54 Å². The molecular formula is C23H19BrCl2N2O. The molecule has 2 aromatic carbocycles. The molecule has 0 atom stereocenters. The molecule has 1 N–H and O–H groups in total. The topological polar surface area (TPSA) is 36.4 Å². The number of pyridine rings is 1. The summed E-state index contributed by atoms with van der Waals surface area (Å²) in [6.07, 6.45) is 7.29. The molecule has 0 fully saturated rings. The van der Waals surface area contributed by atoms with Crippen molar-refractivity contribution in [3.63, 3.8) is 0 Å². The predicted octanol–water partition coefficient (Wildman–Crippen LogP) is 6.86. The molecule has 0 amide bonds. The lowest BCUT2D eigenvalue weighted by atomic mass is 10.1. The van der Waals surface area contributed by atoms with E-state index in [-0.39, 0.29) is 10.8 Å². The second-order valence-electron chi connectivity index (χ2n) is 7.01. The van der Waals surface area contributed by atoms with Crippen molar-refractivity contribution in [1.29, 1.82) is 0 Å². The molecule has 3 aromatic rings. The standard InChI is InChI=1S/C23H19BrCl2N2O/c24-19-4-2-1-3-16(19)14-28-11-9-15(10-12-28)5-6-17-7-8-18-20(25)13-21(26)23(29)22(18)27-17/h1-9,13,29H,10-12,14H2/b6-5+. The summed E-state index contributed by atoms with van der Waals surface area (Å²) in [5.41, 5.74) is 3.76. The normalized spacial score (nSPS) is 15.2. The number of allylic oxidation sites excluding steroid dienone is 1. The summed E-state index contributed by atoms with van der Waals surface area (Å²) in [5.74, 6) is -0.0408. The van der Waals surface area contributed by atoms with E-state index in [1.807, 2.05) is 24.3 Å². The Labute approximate surface area is 188 Å². The maximum absolute atomic E-state index is 10.2. The minimum Gasteiger partial charge on any atom is -0.504 e. The van der Waals surface area contributed by atoms with Gasteiger partial charge in [-0.2, -0.15) is 0 Å². The molecule has 2 heterocycles. The molecule has 4 rings (SSSR count). The number of phenols is 1. The number of aromatic nitrogens is 1. The Morgan fingerprint density at radius 3 is 2.69 bits per heavy atom. The van der Waals surface area contributed by atoms with Crippen LogP contribution in [0.4, 0.5) is 0 Å². The van der Waals surface area contributed by atoms with Crippen molar-refractivity contribution in [3.05, 3.63) is 86.0 Å². The summed E-state index contributed by atoms with van der Waals surface area (Å²) in [6.45, 7) is 2.86. The molecule has 0 saturated carbocycles. The number of nitrogens with zero attached hydrogens (tertiary/aromatic N) is 2. The lowest BCUT2D eigenvalue weighted by Gasteiger charge is -2.25. The Morgan fingerprint density at radius 1 is 1.10 bits per heavy atom. The van der Waals surface area contributed by atoms with Crippen LogP contribution >= 0.6 is 39.1 Å². The van der Waals surface area contributed by atoms with Crippen molar-refractivity contribution < 1.29 is 5.11 Å². The third-order valence-electron chi connectivity index (χ3n) is 5.03. The summed E-state index contributed by atoms with van der Waals surface area (Å²) >= 11 is 15.8. The fourth-order valence-electron chi connectivity index (χ4n) is 3.39. The van der Waals surface area contributed by atoms with Crippen LogP contribution in [0.1, 0.15) is 17.7 Å². The van der Waals surface area contributed by atoms with Crippen LogP contribution in [0.2, 0.25) is 10.0 Å². The number of rotatable bonds is 4. The summed E-state index contributed by atoms with van der Waals surface area (Å²) in [6, 6.07) is 13.6. The van der Waals surface area contributed by atoms with E-state index in [0.29, 0.717) is 15.9 Å². The van der Waals surface area contributed by atoms with E-state index >= 15 is 0 Å². The number of benzene rings is 2. The minimum atomic E-state index is -0.0408. The number of phenolic OH excluding ortho intramolecular Hbond substituents is 1. The number of halogens is 3. The summed E-state index contributed by atoms with van der Waals surface area (Å²) < 4.78 is 1.15. The van der Waals surface area contributed by atoms with Gasteiger partial charge in [0.2, 0.25) is 0 Å². The van der Waals surface area contributed by atoms with Gasteiger partial charge < -0.3 is 5.11 Å². The van der Waals surface area contributed by atoms with E-state index in [2.05, 4.69) is 56.2 Å². The smallest absolute Gasteiger partial charge is 0.160 e. The number of aromatic hydroxyl groups is 1. The fraction of sp³-hybridized carbons (Fsp3) is 0.174. The third kappa shape index (κ3) is 4.67. The van der Waals surface area contributed by atoms with E-state index in [4.69, 9.17) is 23.2 Å². The van der Waals surface area contributed by atoms with Crippen molar-refractivity contribution in [1.82, 2.24) is 9.88 Å². The van der Waals surface area contributed by atoms with E-state index in [9.17, 15) is 5.11 Å². The zero-order valence-electron chi connectivity index (χ0n) is 15.6. The van der Waals surface area contributed by atoms with Gasteiger partial charge in [0, 0.05) is 29.5 Å². The van der Waals surface area contributed by atoms with Crippen molar-refractivity contribution >= 4 is 56.1 Å². The highest BCUT2D eigenvalue weighted by Gasteiger charge is 2.13. The first-order valence-corrected chi connectivity index (χ1v) is 10.9. The molecule has 0 saturated heterocycles. The van der Waals surface area contributed by atoms with Gasteiger partial charge in [-0.15, -0.1) is 0 Å². The molecule has 1 aliphatic heterocycles. The zero-order valence-corrected chi connectivity index (χ0v) is 18.7. The van der Waals surface area contributed by atoms with Crippen LogP contribution in [0.3, 0.4) is 0 Å². The Morgan fingerprint density at radius 2 is 1.93 bits per heavy atom. The minimum absolute atomic E-state index is 0.0408. The molecule has 0 radical (unpaired) electrons. The van der Waals surface area contributed by atoms with Crippen molar-refractivity contribution in [3.8, 4) is 5.75 Å². The van der Waals surface area contributed by atoms with Crippen molar-refractivity contribution in [2.45, 2.75) is 13.0 Å². The molecule has 0 unspecified atom stereocenters. The molecule has 29 heavy (non-hydrogen) atoms. The van der Waals surface area contributed by atoms with Crippen LogP contribution in [-0.4, -0.2) is 28.1 Å². The maximum atomic E-state index is 10.2. The van der Waals surface area contributed by atoms with E-state index in [1.54, 1.807) is 0 Å². The van der Waals surface area contributed by atoms with Crippen molar-refractivity contribution in [2.75, 3.05) is 13.1 Å². The first kappa shape index (κ1) is 20.4. The van der Waals surface area contributed by atoms with Gasteiger partial charge in [0.1, 0.15) is 5.52 Å². The molecular weight excluding hydrogens is 471 g/mol. The lowest BCUT2D eigenvalue weighted by Crippen LogP contribution is -2.28. The van der Waals surface area contributed by atoms with E-state index < -0.39 is 0 Å². The van der Waals surface area contributed by atoms with Gasteiger partial charge >= 0.3 is 0 Å². The van der Waals surface area contributed by atoms with Gasteiger partial charge in [0.15, 0.2) is 5.75 Å². The number of fused-ring (bicyclic) bond motifs is 1. The Balaban J connectivity index is 1.46. The van der Waals surface area contributed by atoms with Crippen LogP contribution in [0.25, 0.3) is 17.0 Å². The predicted molar refractivity (Wildman–Crippen MR) is 125 cm³/mol. The van der Waals surface area contributed by atoms with Gasteiger partial charge in [-0.05, 0) is 47.9 Å². The third-order valence-corrected chi connectivity index (χ3v) is 6.40. The first-order chi connectivity index (χ1) is 14.0. The van der Waals surface area contributed by atoms with Gasteiger partial charge in [-0.25, -0.2) is 4.98 Å².